The Morgan fingerprint density at radius 2 is 2.04 bits per heavy atom. The Bertz CT molecular complexity index is 735. The van der Waals surface area contributed by atoms with Crippen molar-refractivity contribution in [3.8, 4) is 0 Å². The van der Waals surface area contributed by atoms with E-state index in [1.54, 1.807) is 11.8 Å². The first-order valence-corrected chi connectivity index (χ1v) is 7.68. The number of likely N-dealkylation sites (tertiary alicyclic amines) is 1. The Hall–Kier alpha value is -2.44. The number of nitrogens with zero attached hydrogens (tertiary/aromatic N) is 3. The second kappa shape index (κ2) is 6.36. The minimum Gasteiger partial charge on any atom is -0.466 e. The van der Waals surface area contributed by atoms with Gasteiger partial charge in [0.05, 0.1) is 12.5 Å². The van der Waals surface area contributed by atoms with E-state index in [2.05, 4.69) is 4.98 Å². The lowest BCUT2D eigenvalue weighted by Gasteiger charge is -2.30. The van der Waals surface area contributed by atoms with Crippen molar-refractivity contribution in [3.63, 3.8) is 0 Å². The van der Waals surface area contributed by atoms with Crippen LogP contribution in [-0.4, -0.2) is 45.9 Å². The number of carbonyl (C=O) groups is 2. The van der Waals surface area contributed by atoms with Gasteiger partial charge >= 0.3 is 5.97 Å². The number of imidazole rings is 1. The summed E-state index contributed by atoms with van der Waals surface area (Å²) in [5, 5.41) is 0. The van der Waals surface area contributed by atoms with E-state index in [4.69, 9.17) is 4.74 Å². The fraction of sp³-hybridized carbons (Fsp3) is 0.438. The van der Waals surface area contributed by atoms with Gasteiger partial charge in [-0.2, -0.15) is 0 Å². The molecule has 23 heavy (non-hydrogen) atoms. The van der Waals surface area contributed by atoms with Crippen LogP contribution in [0.25, 0.3) is 5.65 Å². The molecule has 1 amide bonds. The molecule has 3 rings (SSSR count). The third-order valence-corrected chi connectivity index (χ3v) is 4.04. The fourth-order valence-corrected chi connectivity index (χ4v) is 2.81. The van der Waals surface area contributed by atoms with Crippen molar-refractivity contribution in [2.75, 3.05) is 19.7 Å². The SMILES string of the molecule is CCOC(=O)C1CCN(C(=O)c2cn3cc(F)ccc3n2)CC1. The maximum absolute atomic E-state index is 13.2. The summed E-state index contributed by atoms with van der Waals surface area (Å²) in [5.74, 6) is -0.919. The summed E-state index contributed by atoms with van der Waals surface area (Å²) < 4.78 is 19.7. The average Bonchev–Trinajstić information content (AvgIpc) is 2.97. The summed E-state index contributed by atoms with van der Waals surface area (Å²) in [7, 11) is 0. The minimum absolute atomic E-state index is 0.144. The van der Waals surface area contributed by atoms with Gasteiger partial charge in [0.1, 0.15) is 17.2 Å². The standard InChI is InChI=1S/C16H18FN3O3/c1-2-23-16(22)11-5-7-19(8-6-11)15(21)13-10-20-9-12(17)3-4-14(20)18-13/h3-4,9-11H,2,5-8H2,1H3. The number of piperidine rings is 1. The average molecular weight is 319 g/mol. The Balaban J connectivity index is 1.67. The Morgan fingerprint density at radius 1 is 1.30 bits per heavy atom. The maximum Gasteiger partial charge on any atom is 0.309 e. The van der Waals surface area contributed by atoms with Gasteiger partial charge in [-0.1, -0.05) is 0 Å². The number of rotatable bonds is 3. The number of halogens is 1. The lowest BCUT2D eigenvalue weighted by atomic mass is 9.97. The van der Waals surface area contributed by atoms with Crippen molar-refractivity contribution >= 4 is 17.5 Å². The normalized spacial score (nSPS) is 15.8. The summed E-state index contributed by atoms with van der Waals surface area (Å²) in [6.45, 7) is 3.13. The molecular weight excluding hydrogens is 301 g/mol. The van der Waals surface area contributed by atoms with Gasteiger partial charge in [-0.25, -0.2) is 9.37 Å². The second-order valence-electron chi connectivity index (χ2n) is 5.56. The molecule has 1 saturated heterocycles. The van der Waals surface area contributed by atoms with Gasteiger partial charge in [0.15, 0.2) is 0 Å². The molecule has 0 radical (unpaired) electrons. The van der Waals surface area contributed by atoms with Crippen LogP contribution in [0.15, 0.2) is 24.5 Å². The number of ether oxygens (including phenoxy) is 1. The highest BCUT2D eigenvalue weighted by Gasteiger charge is 2.29. The van der Waals surface area contributed by atoms with E-state index in [-0.39, 0.29) is 29.3 Å². The zero-order chi connectivity index (χ0) is 16.4. The lowest BCUT2D eigenvalue weighted by molar-refractivity contribution is -0.149. The predicted octanol–water partition coefficient (Wildman–Crippen LogP) is 1.89. The Labute approximate surface area is 132 Å². The van der Waals surface area contributed by atoms with Crippen LogP contribution in [0, 0.1) is 11.7 Å². The van der Waals surface area contributed by atoms with Gasteiger partial charge in [-0.05, 0) is 31.9 Å². The second-order valence-corrected chi connectivity index (χ2v) is 5.56. The molecule has 1 fully saturated rings. The highest BCUT2D eigenvalue weighted by Crippen LogP contribution is 2.20. The molecular formula is C16H18FN3O3. The zero-order valence-electron chi connectivity index (χ0n) is 12.9. The molecule has 0 unspecified atom stereocenters. The van der Waals surface area contributed by atoms with E-state index in [1.807, 2.05) is 0 Å². The molecule has 6 nitrogen and oxygen atoms in total. The van der Waals surface area contributed by atoms with Crippen LogP contribution in [0.4, 0.5) is 4.39 Å². The van der Waals surface area contributed by atoms with Crippen molar-refractivity contribution in [1.29, 1.82) is 0 Å². The third kappa shape index (κ3) is 3.18. The quantitative estimate of drug-likeness (QED) is 0.811. The van der Waals surface area contributed by atoms with E-state index in [0.717, 1.165) is 0 Å². The molecule has 3 heterocycles. The number of hydrogen-bond donors (Lipinski definition) is 0. The number of esters is 1. The van der Waals surface area contributed by atoms with Crippen LogP contribution in [0.3, 0.4) is 0 Å². The van der Waals surface area contributed by atoms with Crippen molar-refractivity contribution in [2.45, 2.75) is 19.8 Å². The van der Waals surface area contributed by atoms with Crippen molar-refractivity contribution in [1.82, 2.24) is 14.3 Å². The van der Waals surface area contributed by atoms with Gasteiger partial charge in [0.25, 0.3) is 5.91 Å². The van der Waals surface area contributed by atoms with Crippen LogP contribution in [0.2, 0.25) is 0 Å². The van der Waals surface area contributed by atoms with Crippen molar-refractivity contribution in [3.05, 3.63) is 36.0 Å². The highest BCUT2D eigenvalue weighted by molar-refractivity contribution is 5.93. The first-order chi connectivity index (χ1) is 11.1. The molecule has 0 atom stereocenters. The van der Waals surface area contributed by atoms with Crippen LogP contribution in [0.5, 0.6) is 0 Å². The zero-order valence-corrected chi connectivity index (χ0v) is 12.9. The molecule has 0 bridgehead atoms. The first-order valence-electron chi connectivity index (χ1n) is 7.68. The van der Waals surface area contributed by atoms with E-state index >= 15 is 0 Å². The van der Waals surface area contributed by atoms with E-state index < -0.39 is 0 Å². The van der Waals surface area contributed by atoms with Gasteiger partial charge in [-0.3, -0.25) is 9.59 Å². The minimum atomic E-state index is -0.385. The molecule has 122 valence electrons. The highest BCUT2D eigenvalue weighted by atomic mass is 19.1. The first kappa shape index (κ1) is 15.5. The summed E-state index contributed by atoms with van der Waals surface area (Å²) in [5.41, 5.74) is 0.807. The molecule has 0 spiro atoms. The van der Waals surface area contributed by atoms with Gasteiger partial charge in [-0.15, -0.1) is 0 Å². The lowest BCUT2D eigenvalue weighted by Crippen LogP contribution is -2.40. The molecule has 0 N–H and O–H groups in total. The topological polar surface area (TPSA) is 63.9 Å². The van der Waals surface area contributed by atoms with Gasteiger partial charge in [0, 0.05) is 25.5 Å². The predicted molar refractivity (Wildman–Crippen MR) is 80.4 cm³/mol. The fourth-order valence-electron chi connectivity index (χ4n) is 2.81. The molecule has 2 aromatic heterocycles. The third-order valence-electron chi connectivity index (χ3n) is 4.04. The molecule has 0 aromatic carbocycles. The van der Waals surface area contributed by atoms with Crippen molar-refractivity contribution in [2.24, 2.45) is 5.92 Å². The number of carbonyl (C=O) groups excluding carboxylic acids is 2. The molecule has 0 saturated carbocycles. The summed E-state index contributed by atoms with van der Waals surface area (Å²) >= 11 is 0. The molecule has 1 aliphatic rings. The number of fused-ring (bicyclic) bond motifs is 1. The molecule has 2 aromatic rings. The summed E-state index contributed by atoms with van der Waals surface area (Å²) in [6, 6.07) is 2.83. The molecule has 0 aliphatic carbocycles. The molecule has 7 heteroatoms. The summed E-state index contributed by atoms with van der Waals surface area (Å²) in [4.78, 5) is 30.1. The molecule has 1 aliphatic heterocycles. The Kier molecular flexibility index (Phi) is 4.27. The van der Waals surface area contributed by atoms with Crippen molar-refractivity contribution < 1.29 is 18.7 Å². The number of hydrogen-bond acceptors (Lipinski definition) is 4. The van der Waals surface area contributed by atoms with Crippen LogP contribution in [0.1, 0.15) is 30.3 Å². The van der Waals surface area contributed by atoms with Crippen LogP contribution in [-0.2, 0) is 9.53 Å². The monoisotopic (exact) mass is 319 g/mol. The van der Waals surface area contributed by atoms with E-state index in [9.17, 15) is 14.0 Å². The summed E-state index contributed by atoms with van der Waals surface area (Å²) in [6.07, 6.45) is 3.99. The number of amides is 1. The van der Waals surface area contributed by atoms with Crippen LogP contribution < -0.4 is 0 Å². The van der Waals surface area contributed by atoms with Crippen LogP contribution >= 0.6 is 0 Å². The smallest absolute Gasteiger partial charge is 0.309 e. The maximum atomic E-state index is 13.2. The number of aromatic nitrogens is 2. The van der Waals surface area contributed by atoms with E-state index in [1.165, 1.54) is 28.9 Å². The largest absolute Gasteiger partial charge is 0.466 e. The Morgan fingerprint density at radius 3 is 2.74 bits per heavy atom. The number of pyridine rings is 1. The van der Waals surface area contributed by atoms with E-state index in [0.29, 0.717) is 38.2 Å². The van der Waals surface area contributed by atoms with Gasteiger partial charge < -0.3 is 14.0 Å². The van der Waals surface area contributed by atoms with Gasteiger partial charge in [0.2, 0.25) is 0 Å².